The summed E-state index contributed by atoms with van der Waals surface area (Å²) in [6, 6.07) is 20.0. The summed E-state index contributed by atoms with van der Waals surface area (Å²) >= 11 is 5.97. The zero-order valence-corrected chi connectivity index (χ0v) is 14.1. The molecule has 3 aromatic rings. The maximum atomic E-state index is 10.1. The van der Waals surface area contributed by atoms with Crippen LogP contribution in [0.5, 0.6) is 0 Å². The summed E-state index contributed by atoms with van der Waals surface area (Å²) in [5.41, 5.74) is 1.11. The zero-order chi connectivity index (χ0) is 17.0. The molecular formula is C19H17ClN4. The van der Waals surface area contributed by atoms with E-state index < -0.39 is 5.54 Å². The van der Waals surface area contributed by atoms with Gasteiger partial charge in [0.2, 0.25) is 0 Å². The summed E-state index contributed by atoms with van der Waals surface area (Å²) in [5.74, 6) is -0.0206. The van der Waals surface area contributed by atoms with Gasteiger partial charge in [0.05, 0.1) is 6.07 Å². The van der Waals surface area contributed by atoms with Gasteiger partial charge in [-0.2, -0.15) is 10.4 Å². The molecule has 0 spiro atoms. The molecule has 3 rings (SSSR count). The fraction of sp³-hybridized carbons (Fsp3) is 0.211. The van der Waals surface area contributed by atoms with E-state index in [9.17, 15) is 5.26 Å². The highest BCUT2D eigenvalue weighted by atomic mass is 35.5. The van der Waals surface area contributed by atoms with Crippen molar-refractivity contribution in [2.24, 2.45) is 5.92 Å². The summed E-state index contributed by atoms with van der Waals surface area (Å²) in [4.78, 5) is 4.05. The fourth-order valence-corrected chi connectivity index (χ4v) is 3.20. The Morgan fingerprint density at radius 1 is 1.17 bits per heavy atom. The molecule has 24 heavy (non-hydrogen) atoms. The molecule has 0 aliphatic carbocycles. The molecule has 4 nitrogen and oxygen atoms in total. The van der Waals surface area contributed by atoms with Crippen LogP contribution >= 0.6 is 11.6 Å². The Kier molecular flexibility index (Phi) is 4.64. The smallest absolute Gasteiger partial charge is 0.178 e. The van der Waals surface area contributed by atoms with Crippen LogP contribution in [0.1, 0.15) is 18.1 Å². The van der Waals surface area contributed by atoms with Crippen LogP contribution in [0.3, 0.4) is 0 Å². The van der Waals surface area contributed by atoms with Crippen LogP contribution in [0.25, 0.3) is 0 Å². The Morgan fingerprint density at radius 3 is 2.46 bits per heavy atom. The average molecular weight is 337 g/mol. The van der Waals surface area contributed by atoms with E-state index in [4.69, 9.17) is 11.6 Å². The van der Waals surface area contributed by atoms with Gasteiger partial charge < -0.3 is 0 Å². The van der Waals surface area contributed by atoms with E-state index >= 15 is 0 Å². The predicted octanol–water partition coefficient (Wildman–Crippen LogP) is 4.08. The minimum Gasteiger partial charge on any atom is -0.228 e. The van der Waals surface area contributed by atoms with Crippen molar-refractivity contribution in [1.29, 1.82) is 5.26 Å². The first-order valence-electron chi connectivity index (χ1n) is 7.73. The molecule has 0 saturated heterocycles. The highest BCUT2D eigenvalue weighted by molar-refractivity contribution is 6.30. The number of aromatic nitrogens is 3. The normalized spacial score (nSPS) is 14.5. The highest BCUT2D eigenvalue weighted by Crippen LogP contribution is 2.35. The third-order valence-corrected chi connectivity index (χ3v) is 4.58. The monoisotopic (exact) mass is 336 g/mol. The molecule has 0 saturated carbocycles. The molecule has 0 amide bonds. The largest absolute Gasteiger partial charge is 0.228 e. The molecule has 2 atom stereocenters. The van der Waals surface area contributed by atoms with Gasteiger partial charge >= 0.3 is 0 Å². The molecule has 2 unspecified atom stereocenters. The van der Waals surface area contributed by atoms with E-state index in [1.54, 1.807) is 11.0 Å². The lowest BCUT2D eigenvalue weighted by atomic mass is 9.77. The number of hydrogen-bond acceptors (Lipinski definition) is 3. The quantitative estimate of drug-likeness (QED) is 0.705. The number of rotatable bonds is 5. The summed E-state index contributed by atoms with van der Waals surface area (Å²) in [7, 11) is 0. The van der Waals surface area contributed by atoms with Crippen molar-refractivity contribution in [1.82, 2.24) is 14.8 Å². The SMILES string of the molecule is CC(Cc1ccc(Cl)cc1)C(C#N)(c1ccccc1)n1cncn1. The second-order valence-electron chi connectivity index (χ2n) is 5.82. The topological polar surface area (TPSA) is 54.5 Å². The van der Waals surface area contributed by atoms with Gasteiger partial charge in [-0.1, -0.05) is 61.0 Å². The maximum Gasteiger partial charge on any atom is 0.178 e. The lowest BCUT2D eigenvalue weighted by Crippen LogP contribution is -2.41. The summed E-state index contributed by atoms with van der Waals surface area (Å²) in [6.07, 6.45) is 3.79. The predicted molar refractivity (Wildman–Crippen MR) is 93.5 cm³/mol. The van der Waals surface area contributed by atoms with Crippen LogP contribution in [0, 0.1) is 17.2 Å². The van der Waals surface area contributed by atoms with E-state index in [1.807, 2.05) is 54.6 Å². The molecule has 0 N–H and O–H groups in total. The molecule has 2 aromatic carbocycles. The van der Waals surface area contributed by atoms with Crippen molar-refractivity contribution in [3.05, 3.63) is 83.4 Å². The standard InChI is InChI=1S/C19H17ClN4/c1-15(11-16-7-9-18(20)10-8-16)19(12-21,24-14-22-13-23-24)17-5-3-2-4-6-17/h2-10,13-15H,11H2,1H3. The number of nitrogens with zero attached hydrogens (tertiary/aromatic N) is 4. The Balaban J connectivity index is 2.04. The molecule has 1 aromatic heterocycles. The van der Waals surface area contributed by atoms with E-state index in [-0.39, 0.29) is 5.92 Å². The van der Waals surface area contributed by atoms with Crippen molar-refractivity contribution in [3.8, 4) is 6.07 Å². The molecular weight excluding hydrogens is 320 g/mol. The molecule has 0 fully saturated rings. The van der Waals surface area contributed by atoms with Gasteiger partial charge in [0.1, 0.15) is 12.7 Å². The number of halogens is 1. The minimum absolute atomic E-state index is 0.0206. The van der Waals surface area contributed by atoms with Crippen LogP contribution < -0.4 is 0 Å². The van der Waals surface area contributed by atoms with Gasteiger partial charge in [-0.05, 0) is 29.7 Å². The van der Waals surface area contributed by atoms with Gasteiger partial charge in [-0.15, -0.1) is 0 Å². The molecule has 0 radical (unpaired) electrons. The van der Waals surface area contributed by atoms with Crippen LogP contribution in [0.4, 0.5) is 0 Å². The van der Waals surface area contributed by atoms with Crippen LogP contribution in [0.15, 0.2) is 67.3 Å². The third kappa shape index (κ3) is 2.91. The summed E-state index contributed by atoms with van der Waals surface area (Å²) < 4.78 is 1.66. The van der Waals surface area contributed by atoms with Crippen LogP contribution in [0.2, 0.25) is 5.02 Å². The van der Waals surface area contributed by atoms with Gasteiger partial charge in [0, 0.05) is 10.9 Å². The van der Waals surface area contributed by atoms with E-state index in [2.05, 4.69) is 23.1 Å². The van der Waals surface area contributed by atoms with Gasteiger partial charge in [0.25, 0.3) is 0 Å². The number of benzene rings is 2. The second-order valence-corrected chi connectivity index (χ2v) is 6.25. The van der Waals surface area contributed by atoms with Gasteiger partial charge in [-0.3, -0.25) is 0 Å². The van der Waals surface area contributed by atoms with Crippen LogP contribution in [-0.2, 0) is 12.0 Å². The van der Waals surface area contributed by atoms with E-state index in [1.165, 1.54) is 6.33 Å². The van der Waals surface area contributed by atoms with Crippen molar-refractivity contribution < 1.29 is 0 Å². The third-order valence-electron chi connectivity index (χ3n) is 4.33. The molecule has 0 aliphatic heterocycles. The van der Waals surface area contributed by atoms with Gasteiger partial charge in [0.15, 0.2) is 5.54 Å². The Bertz CT molecular complexity index is 822. The highest BCUT2D eigenvalue weighted by Gasteiger charge is 2.41. The van der Waals surface area contributed by atoms with Crippen molar-refractivity contribution in [2.45, 2.75) is 18.9 Å². The number of hydrogen-bond donors (Lipinski definition) is 0. The lowest BCUT2D eigenvalue weighted by Gasteiger charge is -2.33. The molecule has 1 heterocycles. The molecule has 120 valence electrons. The first kappa shape index (κ1) is 16.2. The molecule has 5 heteroatoms. The van der Waals surface area contributed by atoms with Crippen molar-refractivity contribution in [3.63, 3.8) is 0 Å². The first-order valence-corrected chi connectivity index (χ1v) is 8.11. The minimum atomic E-state index is -0.919. The zero-order valence-electron chi connectivity index (χ0n) is 13.3. The van der Waals surface area contributed by atoms with Crippen LogP contribution in [-0.4, -0.2) is 14.8 Å². The fourth-order valence-electron chi connectivity index (χ4n) is 3.07. The second kappa shape index (κ2) is 6.86. The Morgan fingerprint density at radius 2 is 1.88 bits per heavy atom. The van der Waals surface area contributed by atoms with Crippen molar-refractivity contribution >= 4 is 11.6 Å². The maximum absolute atomic E-state index is 10.1. The Hall–Kier alpha value is -2.64. The first-order chi connectivity index (χ1) is 11.7. The molecule has 0 aliphatic rings. The number of nitriles is 1. The summed E-state index contributed by atoms with van der Waals surface area (Å²) in [6.45, 7) is 2.06. The lowest BCUT2D eigenvalue weighted by molar-refractivity contribution is 0.284. The van der Waals surface area contributed by atoms with E-state index in [0.29, 0.717) is 5.02 Å². The van der Waals surface area contributed by atoms with Gasteiger partial charge in [-0.25, -0.2) is 9.67 Å². The van der Waals surface area contributed by atoms with Crippen molar-refractivity contribution in [2.75, 3.05) is 0 Å². The Labute approximate surface area is 146 Å². The average Bonchev–Trinajstić information content (AvgIpc) is 3.14. The van der Waals surface area contributed by atoms with E-state index in [0.717, 1.165) is 17.5 Å². The summed E-state index contributed by atoms with van der Waals surface area (Å²) in [5, 5.41) is 15.1. The molecule has 0 bridgehead atoms.